The molecule has 30 heavy (non-hydrogen) atoms. The molecule has 0 radical (unpaired) electrons. The van der Waals surface area contributed by atoms with Crippen LogP contribution >= 0.6 is 0 Å². The lowest BCUT2D eigenvalue weighted by Crippen LogP contribution is -2.35. The van der Waals surface area contributed by atoms with E-state index < -0.39 is 22.5 Å². The van der Waals surface area contributed by atoms with Crippen LogP contribution in [0, 0.1) is 11.3 Å². The van der Waals surface area contributed by atoms with Crippen molar-refractivity contribution >= 4 is 21.6 Å². The molecule has 0 aromatic heterocycles. The lowest BCUT2D eigenvalue weighted by atomic mass is 10.2. The third-order valence-corrected chi connectivity index (χ3v) is 6.09. The summed E-state index contributed by atoms with van der Waals surface area (Å²) in [5.74, 6) is 0.491. The molecule has 0 unspecified atom stereocenters. The number of rotatable bonds is 10. The van der Waals surface area contributed by atoms with Gasteiger partial charge in [0.15, 0.2) is 0 Å². The monoisotopic (exact) mass is 431 g/mol. The molecule has 2 rings (SSSR count). The van der Waals surface area contributed by atoms with E-state index in [0.29, 0.717) is 29.4 Å². The van der Waals surface area contributed by atoms with Gasteiger partial charge in [-0.1, -0.05) is 13.3 Å². The number of anilines is 1. The fraction of sp³-hybridized carbons (Fsp3) is 0.333. The summed E-state index contributed by atoms with van der Waals surface area (Å²) in [5, 5.41) is 11.5. The third-order valence-electron chi connectivity index (χ3n) is 4.27. The Kier molecular flexibility index (Phi) is 8.21. The summed E-state index contributed by atoms with van der Waals surface area (Å²) in [6, 6.07) is 12.5. The molecule has 0 saturated carbocycles. The summed E-state index contributed by atoms with van der Waals surface area (Å²) in [6.07, 6.45) is 1.83. The molecule has 0 saturated heterocycles. The second-order valence-corrected chi connectivity index (χ2v) is 8.55. The van der Waals surface area contributed by atoms with Gasteiger partial charge in [-0.2, -0.15) is 9.57 Å². The Morgan fingerprint density at radius 1 is 1.20 bits per heavy atom. The van der Waals surface area contributed by atoms with Gasteiger partial charge in [-0.05, 0) is 42.8 Å². The molecule has 0 aliphatic heterocycles. The fourth-order valence-electron chi connectivity index (χ4n) is 2.54. The highest BCUT2D eigenvalue weighted by molar-refractivity contribution is 7.89. The molecule has 0 fully saturated rings. The Hall–Kier alpha value is -3.09. The number of nitriles is 1. The van der Waals surface area contributed by atoms with Crippen LogP contribution in [0.5, 0.6) is 11.5 Å². The number of nitrogens with one attached hydrogen (secondary N) is 1. The van der Waals surface area contributed by atoms with Gasteiger partial charge in [0.2, 0.25) is 15.9 Å². The fourth-order valence-corrected chi connectivity index (χ4v) is 3.67. The second-order valence-electron chi connectivity index (χ2n) is 6.51. The average Bonchev–Trinajstić information content (AvgIpc) is 2.74. The number of ether oxygens (including phenoxy) is 2. The SMILES string of the molecule is CCCCOc1ccc(OC)cc1NC(=O)CN(C)S(=O)(=O)c1ccc(C#N)cc1. The number of likely N-dealkylation sites (N-methyl/N-ethyl adjacent to an activating group) is 1. The quantitative estimate of drug-likeness (QED) is 0.579. The van der Waals surface area contributed by atoms with Crippen molar-refractivity contribution in [3.8, 4) is 17.6 Å². The van der Waals surface area contributed by atoms with Crippen LogP contribution in [0.2, 0.25) is 0 Å². The van der Waals surface area contributed by atoms with Gasteiger partial charge in [-0.15, -0.1) is 0 Å². The zero-order valence-corrected chi connectivity index (χ0v) is 18.0. The lowest BCUT2D eigenvalue weighted by Gasteiger charge is -2.18. The smallest absolute Gasteiger partial charge is 0.243 e. The molecule has 0 heterocycles. The summed E-state index contributed by atoms with van der Waals surface area (Å²) in [6.45, 7) is 2.15. The van der Waals surface area contributed by atoms with Crippen LogP contribution in [0.4, 0.5) is 5.69 Å². The van der Waals surface area contributed by atoms with E-state index in [1.165, 1.54) is 38.4 Å². The Morgan fingerprint density at radius 3 is 2.50 bits per heavy atom. The maximum atomic E-state index is 12.7. The maximum Gasteiger partial charge on any atom is 0.243 e. The number of carbonyl (C=O) groups is 1. The largest absolute Gasteiger partial charge is 0.497 e. The van der Waals surface area contributed by atoms with Gasteiger partial charge in [-0.3, -0.25) is 4.79 Å². The summed E-state index contributed by atoms with van der Waals surface area (Å²) in [4.78, 5) is 12.5. The summed E-state index contributed by atoms with van der Waals surface area (Å²) < 4.78 is 37.2. The first-order chi connectivity index (χ1) is 14.3. The van der Waals surface area contributed by atoms with Gasteiger partial charge < -0.3 is 14.8 Å². The number of sulfonamides is 1. The summed E-state index contributed by atoms with van der Waals surface area (Å²) >= 11 is 0. The van der Waals surface area contributed by atoms with Crippen LogP contribution in [0.1, 0.15) is 25.3 Å². The van der Waals surface area contributed by atoms with Gasteiger partial charge >= 0.3 is 0 Å². The molecule has 0 bridgehead atoms. The van der Waals surface area contributed by atoms with Crippen molar-refractivity contribution in [3.63, 3.8) is 0 Å². The molecular weight excluding hydrogens is 406 g/mol. The van der Waals surface area contributed by atoms with E-state index in [0.717, 1.165) is 17.1 Å². The Bertz CT molecular complexity index is 1010. The predicted molar refractivity (Wildman–Crippen MR) is 113 cm³/mol. The molecule has 0 atom stereocenters. The molecular formula is C21H25N3O5S. The Morgan fingerprint density at radius 2 is 1.90 bits per heavy atom. The number of nitrogens with zero attached hydrogens (tertiary/aromatic N) is 2. The molecule has 2 aromatic carbocycles. The normalized spacial score (nSPS) is 11.0. The average molecular weight is 432 g/mol. The highest BCUT2D eigenvalue weighted by Gasteiger charge is 2.23. The molecule has 0 aliphatic rings. The van der Waals surface area contributed by atoms with E-state index in [2.05, 4.69) is 5.32 Å². The molecule has 1 N–H and O–H groups in total. The van der Waals surface area contributed by atoms with Crippen LogP contribution in [-0.2, 0) is 14.8 Å². The first-order valence-electron chi connectivity index (χ1n) is 9.39. The highest BCUT2D eigenvalue weighted by atomic mass is 32.2. The van der Waals surface area contributed by atoms with E-state index in [4.69, 9.17) is 14.7 Å². The topological polar surface area (TPSA) is 109 Å². The number of unbranched alkanes of at least 4 members (excludes halogenated alkanes) is 1. The molecule has 0 spiro atoms. The standard InChI is InChI=1S/C21H25N3O5S/c1-4-5-12-29-20-11-8-17(28-3)13-19(20)23-21(25)15-24(2)30(26,27)18-9-6-16(14-22)7-10-18/h6-11,13H,4-5,12,15H2,1-3H3,(H,23,25). The summed E-state index contributed by atoms with van der Waals surface area (Å²) in [5.41, 5.74) is 0.752. The van der Waals surface area contributed by atoms with Crippen molar-refractivity contribution in [3.05, 3.63) is 48.0 Å². The Balaban J connectivity index is 2.12. The molecule has 2 aromatic rings. The van der Waals surface area contributed by atoms with E-state index in [9.17, 15) is 13.2 Å². The number of methoxy groups -OCH3 is 1. The minimum Gasteiger partial charge on any atom is -0.497 e. The summed E-state index contributed by atoms with van der Waals surface area (Å²) in [7, 11) is -1.06. The minimum absolute atomic E-state index is 0.00164. The number of amides is 1. The second kappa shape index (κ2) is 10.6. The van der Waals surface area contributed by atoms with Gasteiger partial charge in [0.1, 0.15) is 11.5 Å². The van der Waals surface area contributed by atoms with E-state index in [1.54, 1.807) is 18.2 Å². The predicted octanol–water partition coefficient (Wildman–Crippen LogP) is 3.00. The molecule has 0 aliphatic carbocycles. The number of carbonyl (C=O) groups excluding carboxylic acids is 1. The van der Waals surface area contributed by atoms with E-state index in [1.807, 2.05) is 13.0 Å². The van der Waals surface area contributed by atoms with Crippen molar-refractivity contribution < 1.29 is 22.7 Å². The van der Waals surface area contributed by atoms with Crippen molar-refractivity contribution in [2.45, 2.75) is 24.7 Å². The van der Waals surface area contributed by atoms with E-state index >= 15 is 0 Å². The minimum atomic E-state index is -3.88. The molecule has 9 heteroatoms. The number of benzene rings is 2. The molecule has 160 valence electrons. The first-order valence-corrected chi connectivity index (χ1v) is 10.8. The lowest BCUT2D eigenvalue weighted by molar-refractivity contribution is -0.116. The maximum absolute atomic E-state index is 12.7. The van der Waals surface area contributed by atoms with Crippen molar-refractivity contribution in [2.24, 2.45) is 0 Å². The van der Waals surface area contributed by atoms with Crippen LogP contribution in [0.25, 0.3) is 0 Å². The van der Waals surface area contributed by atoms with Crippen LogP contribution in [0.3, 0.4) is 0 Å². The van der Waals surface area contributed by atoms with Crippen LogP contribution in [-0.4, -0.2) is 45.9 Å². The highest BCUT2D eigenvalue weighted by Crippen LogP contribution is 2.29. The van der Waals surface area contributed by atoms with Crippen molar-refractivity contribution in [1.29, 1.82) is 5.26 Å². The van der Waals surface area contributed by atoms with Gasteiger partial charge in [-0.25, -0.2) is 8.42 Å². The van der Waals surface area contributed by atoms with Crippen LogP contribution in [0.15, 0.2) is 47.4 Å². The molecule has 8 nitrogen and oxygen atoms in total. The Labute approximate surface area is 177 Å². The van der Waals surface area contributed by atoms with E-state index in [-0.39, 0.29) is 4.90 Å². The van der Waals surface area contributed by atoms with Gasteiger partial charge in [0.25, 0.3) is 0 Å². The zero-order chi connectivity index (χ0) is 22.1. The van der Waals surface area contributed by atoms with Crippen molar-refractivity contribution in [1.82, 2.24) is 4.31 Å². The number of hydrogen-bond donors (Lipinski definition) is 1. The zero-order valence-electron chi connectivity index (χ0n) is 17.2. The van der Waals surface area contributed by atoms with Gasteiger partial charge in [0.05, 0.1) is 42.5 Å². The van der Waals surface area contributed by atoms with Crippen molar-refractivity contribution in [2.75, 3.05) is 32.6 Å². The van der Waals surface area contributed by atoms with Crippen LogP contribution < -0.4 is 14.8 Å². The molecule has 1 amide bonds. The third kappa shape index (κ3) is 5.95. The first kappa shape index (κ1) is 23.2. The van der Waals surface area contributed by atoms with Gasteiger partial charge in [0, 0.05) is 13.1 Å². The number of hydrogen-bond acceptors (Lipinski definition) is 6.